The van der Waals surface area contributed by atoms with E-state index in [1.807, 2.05) is 42.5 Å². The van der Waals surface area contributed by atoms with E-state index in [1.54, 1.807) is 6.92 Å². The number of benzene rings is 2. The molecule has 0 aromatic heterocycles. The first kappa shape index (κ1) is 12.9. The smallest absolute Gasteiger partial charge is 0.300 e. The van der Waals surface area contributed by atoms with Gasteiger partial charge in [-0.2, -0.15) is 0 Å². The van der Waals surface area contributed by atoms with Gasteiger partial charge in [0, 0.05) is 12.5 Å². The molecule has 0 aliphatic heterocycles. The van der Waals surface area contributed by atoms with E-state index < -0.39 is 5.97 Å². The van der Waals surface area contributed by atoms with Crippen LogP contribution < -0.4 is 0 Å². The molecule has 0 unspecified atom stereocenters. The van der Waals surface area contributed by atoms with Crippen LogP contribution in [0.5, 0.6) is 0 Å². The molecule has 0 atom stereocenters. The molecule has 0 saturated heterocycles. The van der Waals surface area contributed by atoms with Crippen molar-refractivity contribution in [2.75, 3.05) is 0 Å². The van der Waals surface area contributed by atoms with Gasteiger partial charge in [0.2, 0.25) is 0 Å². The van der Waals surface area contributed by atoms with Crippen molar-refractivity contribution in [1.29, 1.82) is 0 Å². The van der Waals surface area contributed by atoms with E-state index in [-0.39, 0.29) is 5.78 Å². The van der Waals surface area contributed by atoms with Crippen LogP contribution in [0.15, 0.2) is 42.5 Å². The Hall–Kier alpha value is -2.16. The van der Waals surface area contributed by atoms with E-state index in [4.69, 9.17) is 9.90 Å². The summed E-state index contributed by atoms with van der Waals surface area (Å²) < 4.78 is 0. The van der Waals surface area contributed by atoms with Crippen molar-refractivity contribution in [3.05, 3.63) is 48.0 Å². The maximum absolute atomic E-state index is 11.3. The van der Waals surface area contributed by atoms with E-state index in [9.17, 15) is 4.79 Å². The van der Waals surface area contributed by atoms with Gasteiger partial charge >= 0.3 is 0 Å². The summed E-state index contributed by atoms with van der Waals surface area (Å²) in [5.41, 5.74) is 0.804. The first-order valence-corrected chi connectivity index (χ1v) is 5.20. The van der Waals surface area contributed by atoms with Crippen molar-refractivity contribution in [3.8, 4) is 0 Å². The Balaban J connectivity index is 0.000000317. The van der Waals surface area contributed by atoms with Crippen LogP contribution in [0.2, 0.25) is 0 Å². The molecule has 0 saturated carbocycles. The second-order valence-corrected chi connectivity index (χ2v) is 3.60. The molecule has 0 heterocycles. The summed E-state index contributed by atoms with van der Waals surface area (Å²) in [4.78, 5) is 20.3. The predicted octanol–water partition coefficient (Wildman–Crippen LogP) is 3.13. The Kier molecular flexibility index (Phi) is 4.40. The van der Waals surface area contributed by atoms with E-state index in [0.29, 0.717) is 0 Å². The van der Waals surface area contributed by atoms with E-state index in [0.717, 1.165) is 23.3 Å². The zero-order chi connectivity index (χ0) is 12.8. The average molecular weight is 230 g/mol. The number of carboxylic acid groups (broad SMARTS) is 1. The highest BCUT2D eigenvalue weighted by Gasteiger charge is 2.02. The molecule has 2 aromatic rings. The molecule has 0 spiro atoms. The van der Waals surface area contributed by atoms with Gasteiger partial charge in [-0.25, -0.2) is 0 Å². The van der Waals surface area contributed by atoms with Gasteiger partial charge in [-0.05, 0) is 17.7 Å². The monoisotopic (exact) mass is 230 g/mol. The molecule has 1 N–H and O–H groups in total. The number of carbonyl (C=O) groups excluding carboxylic acids is 1. The van der Waals surface area contributed by atoms with Crippen LogP contribution in [0, 0.1) is 0 Å². The fourth-order valence-electron chi connectivity index (χ4n) is 1.53. The van der Waals surface area contributed by atoms with Gasteiger partial charge in [0.05, 0.1) is 0 Å². The number of carboxylic acids is 1. The zero-order valence-electron chi connectivity index (χ0n) is 9.81. The number of aliphatic carboxylic acids is 1. The molecule has 0 bridgehead atoms. The highest BCUT2D eigenvalue weighted by molar-refractivity contribution is 6.06. The SMILES string of the molecule is CC(=O)O.CC(=O)c1cccc2ccccc12. The van der Waals surface area contributed by atoms with E-state index in [1.165, 1.54) is 0 Å². The van der Waals surface area contributed by atoms with Crippen LogP contribution in [0.1, 0.15) is 24.2 Å². The summed E-state index contributed by atoms with van der Waals surface area (Å²) in [6.45, 7) is 2.68. The van der Waals surface area contributed by atoms with Crippen molar-refractivity contribution in [2.24, 2.45) is 0 Å². The molecule has 0 radical (unpaired) electrons. The van der Waals surface area contributed by atoms with Gasteiger partial charge in [0.1, 0.15) is 0 Å². The molecule has 0 amide bonds. The summed E-state index contributed by atoms with van der Waals surface area (Å²) >= 11 is 0. The summed E-state index contributed by atoms with van der Waals surface area (Å²) in [6.07, 6.45) is 0. The van der Waals surface area contributed by atoms with Crippen LogP contribution in [-0.4, -0.2) is 16.9 Å². The van der Waals surface area contributed by atoms with Crippen molar-refractivity contribution >= 4 is 22.5 Å². The molecule has 0 fully saturated rings. The fraction of sp³-hybridized carbons (Fsp3) is 0.143. The second kappa shape index (κ2) is 5.80. The molecule has 0 aliphatic rings. The lowest BCUT2D eigenvalue weighted by atomic mass is 10.0. The lowest BCUT2D eigenvalue weighted by molar-refractivity contribution is -0.134. The number of carbonyl (C=O) groups is 2. The Labute approximate surface area is 99.7 Å². The normalized spacial score (nSPS) is 9.29. The lowest BCUT2D eigenvalue weighted by Gasteiger charge is -2.01. The number of hydrogen-bond donors (Lipinski definition) is 1. The molecular weight excluding hydrogens is 216 g/mol. The summed E-state index contributed by atoms with van der Waals surface area (Å²) in [7, 11) is 0. The Morgan fingerprint density at radius 2 is 1.47 bits per heavy atom. The topological polar surface area (TPSA) is 54.4 Å². The lowest BCUT2D eigenvalue weighted by Crippen LogP contribution is -1.92. The first-order valence-electron chi connectivity index (χ1n) is 5.20. The number of ketones is 1. The summed E-state index contributed by atoms with van der Waals surface area (Å²) in [5.74, 6) is -0.711. The van der Waals surface area contributed by atoms with Gasteiger partial charge in [0.15, 0.2) is 5.78 Å². The first-order chi connectivity index (χ1) is 8.02. The van der Waals surface area contributed by atoms with Crippen molar-refractivity contribution in [2.45, 2.75) is 13.8 Å². The summed E-state index contributed by atoms with van der Waals surface area (Å²) in [5, 5.41) is 9.58. The average Bonchev–Trinajstić information content (AvgIpc) is 2.27. The highest BCUT2D eigenvalue weighted by atomic mass is 16.4. The molecule has 17 heavy (non-hydrogen) atoms. The summed E-state index contributed by atoms with van der Waals surface area (Å²) in [6, 6.07) is 13.7. The third-order valence-electron chi connectivity index (χ3n) is 2.17. The maximum atomic E-state index is 11.3. The highest BCUT2D eigenvalue weighted by Crippen LogP contribution is 2.18. The van der Waals surface area contributed by atoms with Crippen LogP contribution in [0.4, 0.5) is 0 Å². The third kappa shape index (κ3) is 3.72. The predicted molar refractivity (Wildman–Crippen MR) is 67.3 cm³/mol. The third-order valence-corrected chi connectivity index (χ3v) is 2.17. The van der Waals surface area contributed by atoms with Gasteiger partial charge in [-0.15, -0.1) is 0 Å². The zero-order valence-corrected chi connectivity index (χ0v) is 9.81. The number of rotatable bonds is 1. The minimum Gasteiger partial charge on any atom is -0.481 e. The van der Waals surface area contributed by atoms with Crippen LogP contribution in [0.25, 0.3) is 10.8 Å². The molecule has 88 valence electrons. The van der Waals surface area contributed by atoms with Gasteiger partial charge in [-0.3, -0.25) is 9.59 Å². The molecular formula is C14H14O3. The minimum absolute atomic E-state index is 0.122. The van der Waals surface area contributed by atoms with Gasteiger partial charge in [0.25, 0.3) is 5.97 Å². The van der Waals surface area contributed by atoms with Crippen molar-refractivity contribution < 1.29 is 14.7 Å². The molecule has 3 nitrogen and oxygen atoms in total. The molecule has 3 heteroatoms. The van der Waals surface area contributed by atoms with E-state index in [2.05, 4.69) is 0 Å². The van der Waals surface area contributed by atoms with Crippen molar-refractivity contribution in [1.82, 2.24) is 0 Å². The van der Waals surface area contributed by atoms with Crippen LogP contribution in [-0.2, 0) is 4.79 Å². The Morgan fingerprint density at radius 1 is 0.941 bits per heavy atom. The van der Waals surface area contributed by atoms with Crippen LogP contribution >= 0.6 is 0 Å². The standard InChI is InChI=1S/C12H10O.C2H4O2/c1-9(13)11-8-4-6-10-5-2-3-7-12(10)11;1-2(3)4/h2-8H,1H3;1H3,(H,3,4). The second-order valence-electron chi connectivity index (χ2n) is 3.60. The Morgan fingerprint density at radius 3 is 2.06 bits per heavy atom. The largest absolute Gasteiger partial charge is 0.481 e. The minimum atomic E-state index is -0.833. The van der Waals surface area contributed by atoms with E-state index >= 15 is 0 Å². The molecule has 2 aromatic carbocycles. The number of Topliss-reactive ketones (excluding diaryl/α,β-unsaturated/α-hetero) is 1. The maximum Gasteiger partial charge on any atom is 0.300 e. The quantitative estimate of drug-likeness (QED) is 0.766. The molecule has 0 aliphatic carbocycles. The van der Waals surface area contributed by atoms with Crippen LogP contribution in [0.3, 0.4) is 0 Å². The number of hydrogen-bond acceptors (Lipinski definition) is 2. The van der Waals surface area contributed by atoms with Crippen molar-refractivity contribution in [3.63, 3.8) is 0 Å². The Bertz CT molecular complexity index is 535. The molecule has 2 rings (SSSR count). The van der Waals surface area contributed by atoms with Gasteiger partial charge in [-0.1, -0.05) is 42.5 Å². The number of fused-ring (bicyclic) bond motifs is 1. The fourth-order valence-corrected chi connectivity index (χ4v) is 1.53. The van der Waals surface area contributed by atoms with Gasteiger partial charge < -0.3 is 5.11 Å².